The van der Waals surface area contributed by atoms with E-state index in [4.69, 9.17) is 0 Å². The number of aromatic nitrogens is 3. The van der Waals surface area contributed by atoms with E-state index in [1.165, 1.54) is 6.08 Å². The molecule has 8 nitrogen and oxygen atoms in total. The molecule has 3 rings (SSSR count). The van der Waals surface area contributed by atoms with Crippen molar-refractivity contribution < 1.29 is 9.59 Å². The van der Waals surface area contributed by atoms with Gasteiger partial charge in [-0.1, -0.05) is 35.5 Å². The Bertz CT molecular complexity index is 808. The van der Waals surface area contributed by atoms with Crippen LogP contribution in [-0.2, 0) is 16.1 Å². The Morgan fingerprint density at radius 3 is 2.82 bits per heavy atom. The molecular formula is C19H25ClN6O2. The highest BCUT2D eigenvalue weighted by atomic mass is 35.5. The molecule has 2 amide bonds. The second kappa shape index (κ2) is 10.6. The van der Waals surface area contributed by atoms with Gasteiger partial charge in [-0.05, 0) is 25.0 Å². The van der Waals surface area contributed by atoms with Crippen molar-refractivity contribution in [3.8, 4) is 0 Å². The number of carbonyl (C=O) groups excluding carboxylic acids is 2. The predicted molar refractivity (Wildman–Crippen MR) is 109 cm³/mol. The van der Waals surface area contributed by atoms with Crippen molar-refractivity contribution in [3.63, 3.8) is 0 Å². The number of rotatable bonds is 7. The maximum absolute atomic E-state index is 11.9. The molecule has 150 valence electrons. The first-order chi connectivity index (χ1) is 13.2. The molecule has 1 saturated heterocycles. The van der Waals surface area contributed by atoms with Gasteiger partial charge in [0.15, 0.2) is 0 Å². The van der Waals surface area contributed by atoms with E-state index in [1.807, 2.05) is 43.5 Å². The number of benzene rings is 1. The first kappa shape index (κ1) is 21.6. The van der Waals surface area contributed by atoms with Crippen LogP contribution in [0.4, 0.5) is 0 Å². The van der Waals surface area contributed by atoms with Crippen LogP contribution < -0.4 is 16.0 Å². The summed E-state index contributed by atoms with van der Waals surface area (Å²) in [5.41, 5.74) is 1.65. The second-order valence-corrected chi connectivity index (χ2v) is 6.40. The van der Waals surface area contributed by atoms with E-state index < -0.39 is 0 Å². The molecule has 1 aliphatic rings. The van der Waals surface area contributed by atoms with E-state index in [0.717, 1.165) is 5.56 Å². The van der Waals surface area contributed by atoms with Gasteiger partial charge in [0.2, 0.25) is 11.8 Å². The van der Waals surface area contributed by atoms with Gasteiger partial charge in [0.05, 0.1) is 24.8 Å². The molecule has 2 aromatic rings. The van der Waals surface area contributed by atoms with Gasteiger partial charge >= 0.3 is 0 Å². The number of hydrogen-bond acceptors (Lipinski definition) is 5. The number of nitrogens with zero attached hydrogens (tertiary/aromatic N) is 3. The molecule has 0 spiro atoms. The standard InChI is InChI=1S/C19H24N6O2.ClH/c1-2-20-19(27)17-10-16(12-21-17)25-13-15(23-24-25)11-22-18(26)9-8-14-6-4-3-5-7-14;/h3-9,13,16-17,21H,2,10-12H2,1H3,(H,20,27)(H,22,26);1H/b9-8+;/t16-,17+;/m1./s1. The van der Waals surface area contributed by atoms with Crippen LogP contribution in [0.3, 0.4) is 0 Å². The van der Waals surface area contributed by atoms with Crippen LogP contribution in [-0.4, -0.2) is 45.9 Å². The minimum atomic E-state index is -0.203. The number of carbonyl (C=O) groups is 2. The summed E-state index contributed by atoms with van der Waals surface area (Å²) in [6.07, 6.45) is 5.74. The largest absolute Gasteiger partial charge is 0.355 e. The van der Waals surface area contributed by atoms with Crippen molar-refractivity contribution in [3.05, 3.63) is 53.9 Å². The van der Waals surface area contributed by atoms with Gasteiger partial charge in [-0.2, -0.15) is 0 Å². The molecule has 1 fully saturated rings. The maximum atomic E-state index is 11.9. The van der Waals surface area contributed by atoms with Crippen molar-refractivity contribution in [2.45, 2.75) is 32.0 Å². The SMILES string of the molecule is CCNC(=O)[C@@H]1C[C@@H](n2cc(CNC(=O)/C=C/c3ccccc3)nn2)CN1.Cl. The average molecular weight is 405 g/mol. The molecule has 9 heteroatoms. The van der Waals surface area contributed by atoms with Crippen molar-refractivity contribution >= 4 is 30.3 Å². The maximum Gasteiger partial charge on any atom is 0.244 e. The van der Waals surface area contributed by atoms with E-state index in [1.54, 1.807) is 10.8 Å². The zero-order valence-corrected chi connectivity index (χ0v) is 16.5. The van der Waals surface area contributed by atoms with Gasteiger partial charge in [-0.25, -0.2) is 4.68 Å². The molecule has 2 heterocycles. The lowest BCUT2D eigenvalue weighted by Gasteiger charge is -2.10. The molecule has 28 heavy (non-hydrogen) atoms. The average Bonchev–Trinajstić information content (AvgIpc) is 3.35. The minimum absolute atomic E-state index is 0. The number of halogens is 1. The van der Waals surface area contributed by atoms with Gasteiger partial charge in [0.25, 0.3) is 0 Å². The number of amides is 2. The highest BCUT2D eigenvalue weighted by Crippen LogP contribution is 2.19. The van der Waals surface area contributed by atoms with Crippen LogP contribution in [0, 0.1) is 0 Å². The fraction of sp³-hybridized carbons (Fsp3) is 0.368. The summed E-state index contributed by atoms with van der Waals surface area (Å²) in [6.45, 7) is 3.49. The normalized spacial score (nSPS) is 18.6. The zero-order valence-electron chi connectivity index (χ0n) is 15.7. The topological polar surface area (TPSA) is 101 Å². The summed E-state index contributed by atoms with van der Waals surface area (Å²) in [5, 5.41) is 17.1. The van der Waals surface area contributed by atoms with Gasteiger partial charge < -0.3 is 16.0 Å². The lowest BCUT2D eigenvalue weighted by atomic mass is 10.1. The quantitative estimate of drug-likeness (QED) is 0.599. The van der Waals surface area contributed by atoms with Crippen LogP contribution in [0.25, 0.3) is 6.08 Å². The van der Waals surface area contributed by atoms with Crippen molar-refractivity contribution in [2.75, 3.05) is 13.1 Å². The Balaban J connectivity index is 0.00000280. The van der Waals surface area contributed by atoms with E-state index in [9.17, 15) is 9.59 Å². The fourth-order valence-electron chi connectivity index (χ4n) is 2.96. The predicted octanol–water partition coefficient (Wildman–Crippen LogP) is 1.07. The third-order valence-electron chi connectivity index (χ3n) is 4.38. The Hall–Kier alpha value is -2.71. The van der Waals surface area contributed by atoms with E-state index in [2.05, 4.69) is 26.3 Å². The van der Waals surface area contributed by atoms with Gasteiger partial charge in [0, 0.05) is 19.2 Å². The molecule has 0 bridgehead atoms. The summed E-state index contributed by atoms with van der Waals surface area (Å²) < 4.78 is 1.76. The molecule has 0 unspecified atom stereocenters. The van der Waals surface area contributed by atoms with E-state index in [-0.39, 0.29) is 36.3 Å². The van der Waals surface area contributed by atoms with Gasteiger partial charge in [-0.15, -0.1) is 17.5 Å². The summed E-state index contributed by atoms with van der Waals surface area (Å²) in [5.74, 6) is -0.176. The third kappa shape index (κ3) is 5.90. The lowest BCUT2D eigenvalue weighted by Crippen LogP contribution is -2.40. The summed E-state index contributed by atoms with van der Waals surface area (Å²) in [6, 6.07) is 9.50. The Morgan fingerprint density at radius 1 is 1.29 bits per heavy atom. The van der Waals surface area contributed by atoms with Crippen LogP contribution in [0.1, 0.15) is 30.6 Å². The van der Waals surface area contributed by atoms with Crippen LogP contribution in [0.5, 0.6) is 0 Å². The summed E-state index contributed by atoms with van der Waals surface area (Å²) in [4.78, 5) is 23.8. The van der Waals surface area contributed by atoms with E-state index >= 15 is 0 Å². The Labute approximate surface area is 170 Å². The highest BCUT2D eigenvalue weighted by molar-refractivity contribution is 5.91. The first-order valence-electron chi connectivity index (χ1n) is 9.08. The fourth-order valence-corrected chi connectivity index (χ4v) is 2.96. The molecule has 1 aromatic heterocycles. The second-order valence-electron chi connectivity index (χ2n) is 6.40. The lowest BCUT2D eigenvalue weighted by molar-refractivity contribution is -0.122. The molecule has 0 aliphatic carbocycles. The van der Waals surface area contributed by atoms with Crippen LogP contribution in [0.15, 0.2) is 42.6 Å². The molecule has 0 radical (unpaired) electrons. The molecule has 0 saturated carbocycles. The number of hydrogen-bond donors (Lipinski definition) is 3. The Kier molecular flexibility index (Phi) is 8.16. The van der Waals surface area contributed by atoms with Gasteiger partial charge in [0.1, 0.15) is 5.69 Å². The van der Waals surface area contributed by atoms with Crippen molar-refractivity contribution in [1.29, 1.82) is 0 Å². The number of likely N-dealkylation sites (N-methyl/N-ethyl adjacent to an activating group) is 1. The third-order valence-corrected chi connectivity index (χ3v) is 4.38. The highest BCUT2D eigenvalue weighted by Gasteiger charge is 2.30. The monoisotopic (exact) mass is 404 g/mol. The summed E-state index contributed by atoms with van der Waals surface area (Å²) in [7, 11) is 0. The van der Waals surface area contributed by atoms with Crippen LogP contribution in [0.2, 0.25) is 0 Å². The molecule has 3 N–H and O–H groups in total. The smallest absolute Gasteiger partial charge is 0.244 e. The Morgan fingerprint density at radius 2 is 2.07 bits per heavy atom. The van der Waals surface area contributed by atoms with Gasteiger partial charge in [-0.3, -0.25) is 9.59 Å². The molecule has 2 atom stereocenters. The van der Waals surface area contributed by atoms with Crippen LogP contribution >= 0.6 is 12.4 Å². The minimum Gasteiger partial charge on any atom is -0.355 e. The first-order valence-corrected chi connectivity index (χ1v) is 9.08. The zero-order chi connectivity index (χ0) is 19.1. The van der Waals surface area contributed by atoms with Crippen molar-refractivity contribution in [2.24, 2.45) is 0 Å². The molecule has 1 aliphatic heterocycles. The molecule has 1 aromatic carbocycles. The van der Waals surface area contributed by atoms with Crippen molar-refractivity contribution in [1.82, 2.24) is 30.9 Å². The number of nitrogens with one attached hydrogen (secondary N) is 3. The molecular weight excluding hydrogens is 380 g/mol. The van der Waals surface area contributed by atoms with E-state index in [0.29, 0.717) is 31.7 Å². The summed E-state index contributed by atoms with van der Waals surface area (Å²) >= 11 is 0.